The summed E-state index contributed by atoms with van der Waals surface area (Å²) in [6.45, 7) is 2.73. The summed E-state index contributed by atoms with van der Waals surface area (Å²) in [4.78, 5) is 0. The maximum Gasteiger partial charge on any atom is 0.101 e. The van der Waals surface area contributed by atoms with E-state index in [0.29, 0.717) is 12.1 Å². The van der Waals surface area contributed by atoms with E-state index in [0.717, 1.165) is 15.7 Å². The van der Waals surface area contributed by atoms with Crippen LogP contribution in [0.5, 0.6) is 0 Å². The Morgan fingerprint density at radius 1 is 1.17 bits per heavy atom. The molecule has 90 valence electrons. The highest BCUT2D eigenvalue weighted by Gasteiger charge is 2.01. The molecule has 0 aliphatic carbocycles. The number of nitrogens with zero attached hydrogens (tertiary/aromatic N) is 1. The minimum Gasteiger partial charge on any atom is -0.380 e. The number of hydrogen-bond acceptors (Lipinski definition) is 2. The average Bonchev–Trinajstić information content (AvgIpc) is 2.38. The van der Waals surface area contributed by atoms with Crippen molar-refractivity contribution >= 4 is 21.6 Å². The molecule has 0 unspecified atom stereocenters. The average molecular weight is 301 g/mol. The largest absolute Gasteiger partial charge is 0.380 e. The Kier molecular flexibility index (Phi) is 4.01. The Morgan fingerprint density at radius 2 is 1.89 bits per heavy atom. The second-order valence-electron chi connectivity index (χ2n) is 4.14. The maximum absolute atomic E-state index is 9.05. The fraction of sp³-hybridized carbons (Fsp3) is 0.133. The first-order valence-corrected chi connectivity index (χ1v) is 6.47. The molecule has 0 saturated carbocycles. The molecular weight excluding hydrogens is 288 g/mol. The second-order valence-corrected chi connectivity index (χ2v) is 5.06. The molecule has 1 N–H and O–H groups in total. The fourth-order valence-electron chi connectivity index (χ4n) is 1.70. The molecule has 0 saturated heterocycles. The molecule has 3 heteroatoms. The number of anilines is 1. The van der Waals surface area contributed by atoms with Crippen LogP contribution in [0.15, 0.2) is 46.9 Å². The molecule has 2 aromatic rings. The number of nitriles is 1. The highest BCUT2D eigenvalue weighted by atomic mass is 79.9. The lowest BCUT2D eigenvalue weighted by Crippen LogP contribution is -2.01. The molecule has 0 aromatic heterocycles. The number of rotatable bonds is 3. The SMILES string of the molecule is Cc1ccc(C#N)c(NCc2ccc(Br)cc2)c1. The summed E-state index contributed by atoms with van der Waals surface area (Å²) < 4.78 is 1.07. The van der Waals surface area contributed by atoms with E-state index in [-0.39, 0.29) is 0 Å². The first kappa shape index (κ1) is 12.7. The third kappa shape index (κ3) is 3.12. The number of halogens is 1. The van der Waals surface area contributed by atoms with E-state index in [9.17, 15) is 0 Å². The Balaban J connectivity index is 2.13. The van der Waals surface area contributed by atoms with Crippen LogP contribution in [-0.4, -0.2) is 0 Å². The van der Waals surface area contributed by atoms with Gasteiger partial charge in [0.2, 0.25) is 0 Å². The quantitative estimate of drug-likeness (QED) is 0.920. The van der Waals surface area contributed by atoms with Crippen molar-refractivity contribution in [2.24, 2.45) is 0 Å². The highest BCUT2D eigenvalue weighted by Crippen LogP contribution is 2.18. The summed E-state index contributed by atoms with van der Waals surface area (Å²) in [6.07, 6.45) is 0. The second kappa shape index (κ2) is 5.70. The van der Waals surface area contributed by atoms with Crippen LogP contribution in [0.3, 0.4) is 0 Å². The minimum absolute atomic E-state index is 0.678. The van der Waals surface area contributed by atoms with Gasteiger partial charge in [-0.25, -0.2) is 0 Å². The zero-order valence-corrected chi connectivity index (χ0v) is 11.7. The molecule has 0 fully saturated rings. The Morgan fingerprint density at radius 3 is 2.56 bits per heavy atom. The van der Waals surface area contributed by atoms with E-state index < -0.39 is 0 Å². The van der Waals surface area contributed by atoms with E-state index in [1.165, 1.54) is 5.56 Å². The standard InChI is InChI=1S/C15H13BrN2/c1-11-2-5-13(9-17)15(8-11)18-10-12-3-6-14(16)7-4-12/h2-8,18H,10H2,1H3. The van der Waals surface area contributed by atoms with Crippen LogP contribution in [0.2, 0.25) is 0 Å². The summed E-state index contributed by atoms with van der Waals surface area (Å²) >= 11 is 3.41. The first-order chi connectivity index (χ1) is 8.69. The Bertz CT molecular complexity index is 582. The Hall–Kier alpha value is -1.79. The third-order valence-electron chi connectivity index (χ3n) is 2.69. The molecule has 0 aliphatic rings. The maximum atomic E-state index is 9.05. The lowest BCUT2D eigenvalue weighted by Gasteiger charge is -2.09. The lowest BCUT2D eigenvalue weighted by molar-refractivity contribution is 1.14. The fourth-order valence-corrected chi connectivity index (χ4v) is 1.97. The zero-order valence-electron chi connectivity index (χ0n) is 10.1. The summed E-state index contributed by atoms with van der Waals surface area (Å²) in [6, 6.07) is 16.1. The molecule has 18 heavy (non-hydrogen) atoms. The number of benzene rings is 2. The van der Waals surface area contributed by atoms with Gasteiger partial charge in [-0.05, 0) is 42.3 Å². The third-order valence-corrected chi connectivity index (χ3v) is 3.22. The highest BCUT2D eigenvalue weighted by molar-refractivity contribution is 9.10. The minimum atomic E-state index is 0.678. The summed E-state index contributed by atoms with van der Waals surface area (Å²) in [5, 5.41) is 12.3. The van der Waals surface area contributed by atoms with Crippen LogP contribution in [0, 0.1) is 18.3 Å². The zero-order chi connectivity index (χ0) is 13.0. The summed E-state index contributed by atoms with van der Waals surface area (Å²) in [5.74, 6) is 0. The van der Waals surface area contributed by atoms with E-state index in [1.54, 1.807) is 0 Å². The smallest absolute Gasteiger partial charge is 0.101 e. The van der Waals surface area contributed by atoms with Gasteiger partial charge in [-0.3, -0.25) is 0 Å². The number of nitrogens with one attached hydrogen (secondary N) is 1. The molecule has 2 rings (SSSR count). The molecular formula is C15H13BrN2. The van der Waals surface area contributed by atoms with Crippen molar-refractivity contribution in [1.82, 2.24) is 0 Å². The molecule has 0 amide bonds. The van der Waals surface area contributed by atoms with Gasteiger partial charge in [0, 0.05) is 11.0 Å². The van der Waals surface area contributed by atoms with Crippen molar-refractivity contribution in [3.8, 4) is 6.07 Å². The number of hydrogen-bond donors (Lipinski definition) is 1. The van der Waals surface area contributed by atoms with Gasteiger partial charge in [0.25, 0.3) is 0 Å². The number of aryl methyl sites for hydroxylation is 1. The van der Waals surface area contributed by atoms with Gasteiger partial charge in [-0.1, -0.05) is 34.1 Å². The summed E-state index contributed by atoms with van der Waals surface area (Å²) in [7, 11) is 0. The van der Waals surface area contributed by atoms with Crippen LogP contribution >= 0.6 is 15.9 Å². The van der Waals surface area contributed by atoms with Gasteiger partial charge >= 0.3 is 0 Å². The predicted molar refractivity (Wildman–Crippen MR) is 77.4 cm³/mol. The Labute approximate surface area is 115 Å². The van der Waals surface area contributed by atoms with Crippen molar-refractivity contribution in [3.63, 3.8) is 0 Å². The molecule has 0 atom stereocenters. The molecule has 0 spiro atoms. The van der Waals surface area contributed by atoms with E-state index in [2.05, 4.69) is 39.4 Å². The van der Waals surface area contributed by atoms with Gasteiger partial charge < -0.3 is 5.32 Å². The van der Waals surface area contributed by atoms with Crippen LogP contribution in [0.4, 0.5) is 5.69 Å². The van der Waals surface area contributed by atoms with Gasteiger partial charge in [0.05, 0.1) is 11.3 Å². The van der Waals surface area contributed by atoms with E-state index in [1.807, 2.05) is 37.3 Å². The van der Waals surface area contributed by atoms with Crippen LogP contribution in [0.1, 0.15) is 16.7 Å². The normalized spacial score (nSPS) is 9.83. The van der Waals surface area contributed by atoms with Crippen molar-refractivity contribution in [2.75, 3.05) is 5.32 Å². The molecule has 0 heterocycles. The van der Waals surface area contributed by atoms with Crippen molar-refractivity contribution in [1.29, 1.82) is 5.26 Å². The molecule has 2 aromatic carbocycles. The molecule has 2 nitrogen and oxygen atoms in total. The van der Waals surface area contributed by atoms with E-state index in [4.69, 9.17) is 5.26 Å². The van der Waals surface area contributed by atoms with Crippen molar-refractivity contribution < 1.29 is 0 Å². The molecule has 0 radical (unpaired) electrons. The first-order valence-electron chi connectivity index (χ1n) is 5.68. The lowest BCUT2D eigenvalue weighted by atomic mass is 10.1. The van der Waals surface area contributed by atoms with Crippen molar-refractivity contribution in [3.05, 3.63) is 63.6 Å². The summed E-state index contributed by atoms with van der Waals surface area (Å²) in [5.41, 5.74) is 3.90. The van der Waals surface area contributed by atoms with Crippen LogP contribution < -0.4 is 5.32 Å². The van der Waals surface area contributed by atoms with Gasteiger partial charge in [0.1, 0.15) is 6.07 Å². The molecule has 0 bridgehead atoms. The monoisotopic (exact) mass is 300 g/mol. The van der Waals surface area contributed by atoms with Crippen molar-refractivity contribution in [2.45, 2.75) is 13.5 Å². The molecule has 0 aliphatic heterocycles. The van der Waals surface area contributed by atoms with Gasteiger partial charge in [-0.2, -0.15) is 5.26 Å². The van der Waals surface area contributed by atoms with Crippen LogP contribution in [0.25, 0.3) is 0 Å². The predicted octanol–water partition coefficient (Wildman–Crippen LogP) is 4.24. The van der Waals surface area contributed by atoms with E-state index >= 15 is 0 Å². The van der Waals surface area contributed by atoms with Crippen LogP contribution in [-0.2, 0) is 6.54 Å². The van der Waals surface area contributed by atoms with Gasteiger partial charge in [0.15, 0.2) is 0 Å². The van der Waals surface area contributed by atoms with Gasteiger partial charge in [-0.15, -0.1) is 0 Å². The topological polar surface area (TPSA) is 35.8 Å².